The van der Waals surface area contributed by atoms with Crippen LogP contribution < -0.4 is 0 Å². The van der Waals surface area contributed by atoms with Crippen molar-refractivity contribution in [3.05, 3.63) is 29.3 Å². The van der Waals surface area contributed by atoms with Crippen molar-refractivity contribution in [2.24, 2.45) is 17.3 Å². The number of aryl methyl sites for hydroxylation is 1. The predicted molar refractivity (Wildman–Crippen MR) is 120 cm³/mol. The molecule has 4 rings (SSSR count). The Hall–Kier alpha value is -0.950. The molecule has 6 atom stereocenters. The molecule has 0 bridgehead atoms. The van der Waals surface area contributed by atoms with E-state index in [2.05, 4.69) is 13.0 Å². The number of quaternary nitrogens is 1. The fourth-order valence-electron chi connectivity index (χ4n) is 6.14. The minimum Gasteiger partial charge on any atom is -0.508 e. The summed E-state index contributed by atoms with van der Waals surface area (Å²) in [5.74, 6) is 0.936. The molecule has 8 heteroatoms. The Bertz CT molecular complexity index is 834. The normalized spacial score (nSPS) is 33.4. The summed E-state index contributed by atoms with van der Waals surface area (Å²) in [6, 6.07) is 5.96. The molecule has 176 valence electrons. The third-order valence-corrected chi connectivity index (χ3v) is 8.70. The lowest BCUT2D eigenvalue weighted by Crippen LogP contribution is -2.43. The molecule has 7 nitrogen and oxygen atoms in total. The van der Waals surface area contributed by atoms with Crippen LogP contribution in [0.4, 0.5) is 0 Å². The summed E-state index contributed by atoms with van der Waals surface area (Å²) in [6.07, 6.45) is 6.78. The highest BCUT2D eigenvalue weighted by Gasteiger charge is 2.54. The van der Waals surface area contributed by atoms with Crippen LogP contribution in [0.25, 0.3) is 0 Å². The van der Waals surface area contributed by atoms with Gasteiger partial charge in [0.2, 0.25) is 5.85 Å². The molecule has 0 heterocycles. The van der Waals surface area contributed by atoms with E-state index in [9.17, 15) is 14.8 Å². The second-order valence-electron chi connectivity index (χ2n) is 11.0. The van der Waals surface area contributed by atoms with Crippen molar-refractivity contribution in [2.45, 2.75) is 63.3 Å². The van der Waals surface area contributed by atoms with E-state index in [0.717, 1.165) is 25.2 Å². The van der Waals surface area contributed by atoms with Gasteiger partial charge < -0.3 is 29.6 Å². The zero-order chi connectivity index (χ0) is 23.2. The molecule has 0 saturated heterocycles. The van der Waals surface area contributed by atoms with Crippen molar-refractivity contribution in [3.63, 3.8) is 0 Å². The lowest BCUT2D eigenvalue weighted by molar-refractivity contribution is -0.872. The van der Waals surface area contributed by atoms with Gasteiger partial charge in [-0.05, 0) is 85.0 Å². The first-order valence-electron chi connectivity index (χ1n) is 11.3. The number of fused-ring (bicyclic) bond motifs is 5. The Morgan fingerprint density at radius 3 is 2.42 bits per heavy atom. The second kappa shape index (κ2) is 8.77. The predicted octanol–water partition coefficient (Wildman–Crippen LogP) is 2.80. The topological polar surface area (TPSA) is 118 Å². The van der Waals surface area contributed by atoms with Crippen LogP contribution in [0.5, 0.6) is 5.75 Å². The van der Waals surface area contributed by atoms with Gasteiger partial charge in [-0.15, -0.1) is 0 Å². The highest BCUT2D eigenvalue weighted by molar-refractivity contribution is 7.52. The van der Waals surface area contributed by atoms with Crippen LogP contribution in [-0.4, -0.2) is 69.2 Å². The van der Waals surface area contributed by atoms with E-state index in [1.54, 1.807) is 21.1 Å². The van der Waals surface area contributed by atoms with E-state index in [0.29, 0.717) is 22.1 Å². The first kappa shape index (κ1) is 24.7. The van der Waals surface area contributed by atoms with Crippen molar-refractivity contribution >= 4 is 7.60 Å². The van der Waals surface area contributed by atoms with Crippen LogP contribution in [-0.2, 0) is 11.0 Å². The number of aliphatic hydroxyl groups excluding tert-OH is 2. The van der Waals surface area contributed by atoms with Gasteiger partial charge in [-0.3, -0.25) is 4.57 Å². The van der Waals surface area contributed by atoms with E-state index >= 15 is 0 Å². The molecule has 1 aromatic carbocycles. The zero-order valence-electron chi connectivity index (χ0n) is 19.1. The molecule has 0 aromatic heterocycles. The van der Waals surface area contributed by atoms with E-state index in [1.165, 1.54) is 30.4 Å². The Labute approximate surface area is 185 Å². The van der Waals surface area contributed by atoms with E-state index in [1.807, 2.05) is 12.1 Å². The number of aromatic hydroxyl groups is 1. The van der Waals surface area contributed by atoms with Crippen molar-refractivity contribution in [2.75, 3.05) is 27.7 Å². The molecule has 5 N–H and O–H groups in total. The molecule has 1 unspecified atom stereocenters. The Kier molecular flexibility index (Phi) is 6.98. The first-order valence-corrected chi connectivity index (χ1v) is 12.9. The van der Waals surface area contributed by atoms with Crippen LogP contribution in [0.3, 0.4) is 0 Å². The van der Waals surface area contributed by atoms with Gasteiger partial charge >= 0.3 is 7.60 Å². The third kappa shape index (κ3) is 5.35. The summed E-state index contributed by atoms with van der Waals surface area (Å²) in [5, 5.41) is 29.0. The van der Waals surface area contributed by atoms with Crippen molar-refractivity contribution in [1.29, 1.82) is 0 Å². The van der Waals surface area contributed by atoms with Gasteiger partial charge in [0, 0.05) is 0 Å². The maximum atomic E-state index is 10.4. The Morgan fingerprint density at radius 2 is 1.84 bits per heavy atom. The number of aliphatic hydroxyl groups is 2. The number of likely N-dealkylation sites (N-methyl/N-ethyl adjacent to an activating group) is 1. The maximum absolute atomic E-state index is 10.4. The lowest BCUT2D eigenvalue weighted by Gasteiger charge is -2.50. The Morgan fingerprint density at radius 1 is 1.16 bits per heavy atom. The molecular formula is C23H39NO6P+. The minimum absolute atomic E-state index is 0.0459. The fraction of sp³-hybridized carbons (Fsp3) is 0.739. The van der Waals surface area contributed by atoms with Crippen LogP contribution in [0.1, 0.15) is 56.1 Å². The third-order valence-electron chi connectivity index (χ3n) is 7.76. The minimum atomic E-state index is -4.31. The molecule has 31 heavy (non-hydrogen) atoms. The molecule has 3 aliphatic carbocycles. The smallest absolute Gasteiger partial charge is 0.359 e. The molecule has 0 aliphatic heterocycles. The monoisotopic (exact) mass is 456 g/mol. The largest absolute Gasteiger partial charge is 0.508 e. The molecule has 0 spiro atoms. The zero-order valence-corrected chi connectivity index (χ0v) is 20.0. The Balaban J connectivity index is 0.000000214. The quantitative estimate of drug-likeness (QED) is 0.353. The van der Waals surface area contributed by atoms with Crippen molar-refractivity contribution < 1.29 is 34.2 Å². The molecule has 0 radical (unpaired) electrons. The number of hydrogen-bond donors (Lipinski definition) is 5. The maximum Gasteiger partial charge on any atom is 0.359 e. The van der Waals surface area contributed by atoms with Gasteiger partial charge in [0.15, 0.2) is 0 Å². The molecular weight excluding hydrogens is 417 g/mol. The fourth-order valence-corrected chi connectivity index (χ4v) is 6.84. The van der Waals surface area contributed by atoms with E-state index in [-0.39, 0.29) is 18.1 Å². The van der Waals surface area contributed by atoms with Crippen LogP contribution in [0.15, 0.2) is 18.2 Å². The molecule has 3 aliphatic rings. The van der Waals surface area contributed by atoms with Gasteiger partial charge in [0.25, 0.3) is 0 Å². The average molecular weight is 457 g/mol. The average Bonchev–Trinajstić information content (AvgIpc) is 2.95. The van der Waals surface area contributed by atoms with Crippen molar-refractivity contribution in [3.8, 4) is 5.75 Å². The van der Waals surface area contributed by atoms with Crippen LogP contribution in [0, 0.1) is 17.3 Å². The van der Waals surface area contributed by atoms with Crippen LogP contribution >= 0.6 is 7.60 Å². The number of phenols is 1. The summed E-state index contributed by atoms with van der Waals surface area (Å²) < 4.78 is 10.8. The molecule has 2 saturated carbocycles. The highest BCUT2D eigenvalue weighted by Crippen LogP contribution is 2.60. The lowest BCUT2D eigenvalue weighted by atomic mass is 9.55. The van der Waals surface area contributed by atoms with E-state index in [4.69, 9.17) is 14.9 Å². The number of rotatable bonds is 3. The van der Waals surface area contributed by atoms with Gasteiger partial charge in [-0.1, -0.05) is 13.0 Å². The summed E-state index contributed by atoms with van der Waals surface area (Å²) in [6.45, 7) is 2.36. The molecule has 0 amide bonds. The number of benzene rings is 1. The second-order valence-corrected chi connectivity index (χ2v) is 12.8. The van der Waals surface area contributed by atoms with Gasteiger partial charge in [-0.2, -0.15) is 0 Å². The summed E-state index contributed by atoms with van der Waals surface area (Å²) in [7, 11) is 0.933. The molecule has 1 aromatic rings. The number of hydrogen-bond acceptors (Lipinski definition) is 4. The number of nitrogens with zero attached hydrogens (tertiary/aromatic N) is 1. The highest BCUT2D eigenvalue weighted by atomic mass is 31.2. The van der Waals surface area contributed by atoms with Gasteiger partial charge in [0.1, 0.15) is 12.3 Å². The summed E-state index contributed by atoms with van der Waals surface area (Å²) in [5.41, 5.74) is 2.99. The van der Waals surface area contributed by atoms with E-state index < -0.39 is 13.4 Å². The van der Waals surface area contributed by atoms with Crippen molar-refractivity contribution in [1.82, 2.24) is 0 Å². The molecule has 2 fully saturated rings. The summed E-state index contributed by atoms with van der Waals surface area (Å²) in [4.78, 5) is 17.0. The number of phenolic OH excluding ortho intramolecular Hbond substituents is 1. The standard InChI is InChI=1S/C18H24O2.C5H14NO4P/c1-18-9-8-14-13-5-3-12(19)10-11(13)2-4-15(14)16(18)6-7-17(18)20;1-6(2,3)4-5(7)11(8,9)10/h3,5,10,14-17,19-20H,2,4,6-9H2,1H3;5,7H,4H2,1-3H3,(H-,8,9,10)/p+1/t14-,15-,16+,17+,18+;/m1./s1. The first-order chi connectivity index (χ1) is 14.2. The van der Waals surface area contributed by atoms with Crippen LogP contribution in [0.2, 0.25) is 0 Å². The van der Waals surface area contributed by atoms with Gasteiger partial charge in [0.05, 0.1) is 27.2 Å². The van der Waals surface area contributed by atoms with Gasteiger partial charge in [-0.25, -0.2) is 0 Å². The SMILES string of the molecule is C[C@]12CC[C@@H]3c4ccc(O)cc4CC[C@H]3[C@@H]1CC[C@@H]2O.C[N+](C)(C)CC(O)P(=O)(O)O. The summed E-state index contributed by atoms with van der Waals surface area (Å²) >= 11 is 0.